The molecule has 2 aliphatic rings. The Morgan fingerprint density at radius 3 is 2.14 bits per heavy atom. The van der Waals surface area contributed by atoms with Gasteiger partial charge in [-0.15, -0.1) is 0 Å². The highest BCUT2D eigenvalue weighted by Gasteiger charge is 2.76. The quantitative estimate of drug-likeness (QED) is 0.621. The van der Waals surface area contributed by atoms with E-state index in [9.17, 15) is 9.59 Å². The number of ether oxygens (including phenoxy) is 2. The summed E-state index contributed by atoms with van der Waals surface area (Å²) < 4.78 is 11.1. The molecule has 1 saturated heterocycles. The van der Waals surface area contributed by atoms with Crippen molar-refractivity contribution in [2.75, 3.05) is 0 Å². The predicted octanol–water partition coefficient (Wildman–Crippen LogP) is 3.33. The predicted molar refractivity (Wildman–Crippen MR) is 81.5 cm³/mol. The van der Waals surface area contributed by atoms with E-state index >= 15 is 0 Å². The number of aryl methyl sites for hydroxylation is 2. The summed E-state index contributed by atoms with van der Waals surface area (Å²) in [6, 6.07) is 5.65. The standard InChI is InChI=1S/C18H22O4/c1-11-8-12(2)10-13(9-11)21-15(20)18-7-6-17(5,14(19)22-18)16(18,3)4/h8-10H,6-7H2,1-5H3/t17-,18-/m0/s1. The topological polar surface area (TPSA) is 52.6 Å². The molecule has 2 atom stereocenters. The Labute approximate surface area is 130 Å². The van der Waals surface area contributed by atoms with Gasteiger partial charge in [0, 0.05) is 5.41 Å². The van der Waals surface area contributed by atoms with Crippen LogP contribution in [-0.4, -0.2) is 17.5 Å². The molecule has 1 aliphatic heterocycles. The first-order valence-electron chi connectivity index (χ1n) is 7.66. The third-order valence-electron chi connectivity index (χ3n) is 5.82. The lowest BCUT2D eigenvalue weighted by atomic mass is 9.66. The number of hydrogen-bond donors (Lipinski definition) is 0. The molecule has 1 saturated carbocycles. The minimum Gasteiger partial charge on any atom is -0.446 e. The zero-order chi connectivity index (χ0) is 16.3. The molecule has 1 heterocycles. The van der Waals surface area contributed by atoms with Crippen molar-refractivity contribution in [3.05, 3.63) is 29.3 Å². The number of rotatable bonds is 2. The summed E-state index contributed by atoms with van der Waals surface area (Å²) in [7, 11) is 0. The van der Waals surface area contributed by atoms with Crippen molar-refractivity contribution in [3.8, 4) is 5.75 Å². The van der Waals surface area contributed by atoms with Gasteiger partial charge in [0.25, 0.3) is 0 Å². The van der Waals surface area contributed by atoms with Gasteiger partial charge in [-0.05, 0) is 56.9 Å². The van der Waals surface area contributed by atoms with Gasteiger partial charge in [-0.25, -0.2) is 4.79 Å². The molecule has 1 aliphatic carbocycles. The third-order valence-corrected chi connectivity index (χ3v) is 5.82. The van der Waals surface area contributed by atoms with Gasteiger partial charge in [0.1, 0.15) is 5.75 Å². The van der Waals surface area contributed by atoms with Gasteiger partial charge in [0.05, 0.1) is 5.41 Å². The maximum absolute atomic E-state index is 12.8. The number of fused-ring (bicyclic) bond motifs is 2. The van der Waals surface area contributed by atoms with Gasteiger partial charge in [0.2, 0.25) is 5.60 Å². The normalized spacial score (nSPS) is 32.0. The molecule has 2 bridgehead atoms. The van der Waals surface area contributed by atoms with Gasteiger partial charge in [0.15, 0.2) is 0 Å². The van der Waals surface area contributed by atoms with Crippen molar-refractivity contribution in [2.45, 2.75) is 53.1 Å². The van der Waals surface area contributed by atoms with Crippen molar-refractivity contribution < 1.29 is 19.1 Å². The molecular formula is C18H22O4. The largest absolute Gasteiger partial charge is 0.446 e. The lowest BCUT2D eigenvalue weighted by Gasteiger charge is -2.34. The molecule has 1 aromatic rings. The van der Waals surface area contributed by atoms with Crippen LogP contribution in [0.25, 0.3) is 0 Å². The fraction of sp³-hybridized carbons (Fsp3) is 0.556. The van der Waals surface area contributed by atoms with Crippen molar-refractivity contribution >= 4 is 11.9 Å². The van der Waals surface area contributed by atoms with E-state index in [1.807, 2.05) is 52.8 Å². The molecule has 1 aromatic carbocycles. The average molecular weight is 302 g/mol. The number of benzene rings is 1. The van der Waals surface area contributed by atoms with Crippen molar-refractivity contribution in [3.63, 3.8) is 0 Å². The smallest absolute Gasteiger partial charge is 0.356 e. The molecule has 0 N–H and O–H groups in total. The molecule has 0 aromatic heterocycles. The second-order valence-corrected chi connectivity index (χ2v) is 7.39. The highest BCUT2D eigenvalue weighted by atomic mass is 16.6. The minimum atomic E-state index is -1.17. The van der Waals surface area contributed by atoms with E-state index in [4.69, 9.17) is 9.47 Å². The summed E-state index contributed by atoms with van der Waals surface area (Å²) in [5.41, 5.74) is -0.309. The SMILES string of the molecule is Cc1cc(C)cc(OC(=O)[C@]23CC[C@@](C)(C(=O)O2)C3(C)C)c1. The Kier molecular flexibility index (Phi) is 2.97. The summed E-state index contributed by atoms with van der Waals surface area (Å²) in [5, 5.41) is 0. The number of carbonyl (C=O) groups is 2. The molecular weight excluding hydrogens is 280 g/mol. The van der Waals surface area contributed by atoms with Crippen molar-refractivity contribution in [1.82, 2.24) is 0 Å². The van der Waals surface area contributed by atoms with Crippen LogP contribution in [0, 0.1) is 24.7 Å². The van der Waals surface area contributed by atoms with Crippen LogP contribution in [-0.2, 0) is 14.3 Å². The average Bonchev–Trinajstić information content (AvgIpc) is 2.67. The Balaban J connectivity index is 1.94. The number of carbonyl (C=O) groups excluding carboxylic acids is 2. The van der Waals surface area contributed by atoms with Crippen LogP contribution in [0.15, 0.2) is 18.2 Å². The summed E-state index contributed by atoms with van der Waals surface area (Å²) in [4.78, 5) is 25.0. The first kappa shape index (κ1) is 15.1. The van der Waals surface area contributed by atoms with E-state index in [2.05, 4.69) is 0 Å². The van der Waals surface area contributed by atoms with Gasteiger partial charge >= 0.3 is 11.9 Å². The molecule has 118 valence electrons. The minimum absolute atomic E-state index is 0.291. The Morgan fingerprint density at radius 2 is 1.68 bits per heavy atom. The summed E-state index contributed by atoms with van der Waals surface area (Å²) in [5.74, 6) is -0.248. The third kappa shape index (κ3) is 1.70. The van der Waals surface area contributed by atoms with Gasteiger partial charge in [-0.3, -0.25) is 4.79 Å². The first-order chi connectivity index (χ1) is 10.1. The number of hydrogen-bond acceptors (Lipinski definition) is 4. The molecule has 0 amide bonds. The Bertz CT molecular complexity index is 655. The van der Waals surface area contributed by atoms with Crippen LogP contribution in [0.2, 0.25) is 0 Å². The molecule has 4 heteroatoms. The first-order valence-corrected chi connectivity index (χ1v) is 7.66. The zero-order valence-electron chi connectivity index (χ0n) is 13.8. The van der Waals surface area contributed by atoms with Crippen LogP contribution in [0.1, 0.15) is 44.7 Å². The number of esters is 2. The molecule has 0 unspecified atom stereocenters. The fourth-order valence-corrected chi connectivity index (χ4v) is 3.88. The Morgan fingerprint density at radius 1 is 1.09 bits per heavy atom. The summed E-state index contributed by atoms with van der Waals surface area (Å²) in [6.45, 7) is 9.64. The highest BCUT2D eigenvalue weighted by molar-refractivity contribution is 5.94. The van der Waals surface area contributed by atoms with Gasteiger partial charge < -0.3 is 9.47 Å². The van der Waals surface area contributed by atoms with Crippen molar-refractivity contribution in [1.29, 1.82) is 0 Å². The maximum atomic E-state index is 12.8. The fourth-order valence-electron chi connectivity index (χ4n) is 3.88. The second-order valence-electron chi connectivity index (χ2n) is 7.39. The lowest BCUT2D eigenvalue weighted by Crippen LogP contribution is -2.50. The molecule has 0 radical (unpaired) electrons. The van der Waals surface area contributed by atoms with E-state index in [1.54, 1.807) is 0 Å². The zero-order valence-corrected chi connectivity index (χ0v) is 13.8. The Hall–Kier alpha value is -1.84. The van der Waals surface area contributed by atoms with Crippen molar-refractivity contribution in [2.24, 2.45) is 10.8 Å². The maximum Gasteiger partial charge on any atom is 0.356 e. The molecule has 4 nitrogen and oxygen atoms in total. The summed E-state index contributed by atoms with van der Waals surface area (Å²) >= 11 is 0. The molecule has 2 fully saturated rings. The van der Waals surface area contributed by atoms with Gasteiger partial charge in [-0.2, -0.15) is 0 Å². The monoisotopic (exact) mass is 302 g/mol. The van der Waals surface area contributed by atoms with E-state index in [0.717, 1.165) is 11.1 Å². The van der Waals surface area contributed by atoms with E-state index < -0.39 is 22.4 Å². The van der Waals surface area contributed by atoms with E-state index in [1.165, 1.54) is 0 Å². The van der Waals surface area contributed by atoms with E-state index in [-0.39, 0.29) is 5.97 Å². The highest BCUT2D eigenvalue weighted by Crippen LogP contribution is 2.65. The lowest BCUT2D eigenvalue weighted by molar-refractivity contribution is -0.176. The van der Waals surface area contributed by atoms with Crippen LogP contribution in [0.5, 0.6) is 5.75 Å². The molecule has 3 rings (SSSR count). The van der Waals surface area contributed by atoms with Crippen LogP contribution in [0.3, 0.4) is 0 Å². The van der Waals surface area contributed by atoms with E-state index in [0.29, 0.717) is 18.6 Å². The molecule has 0 spiro atoms. The van der Waals surface area contributed by atoms with Crippen LogP contribution >= 0.6 is 0 Å². The van der Waals surface area contributed by atoms with Crippen LogP contribution < -0.4 is 4.74 Å². The summed E-state index contributed by atoms with van der Waals surface area (Å²) in [6.07, 6.45) is 1.17. The van der Waals surface area contributed by atoms with Crippen LogP contribution in [0.4, 0.5) is 0 Å². The van der Waals surface area contributed by atoms with Gasteiger partial charge in [-0.1, -0.05) is 19.9 Å². The second kappa shape index (κ2) is 4.34. The molecule has 22 heavy (non-hydrogen) atoms.